The van der Waals surface area contributed by atoms with Crippen LogP contribution in [0, 0.1) is 0 Å². The summed E-state index contributed by atoms with van der Waals surface area (Å²) < 4.78 is 0. The molecule has 0 saturated carbocycles. The van der Waals surface area contributed by atoms with Crippen molar-refractivity contribution in [3.8, 4) is 73.3 Å². The molecule has 0 aliphatic heterocycles. The molecule has 0 fully saturated rings. The number of phenols is 5. The number of hydrogen-bond acceptors (Lipinski definition) is 5. The lowest BCUT2D eigenvalue weighted by atomic mass is 9.92. The van der Waals surface area contributed by atoms with Gasteiger partial charge in [-0.2, -0.15) is 0 Å². The summed E-state index contributed by atoms with van der Waals surface area (Å²) in [4.78, 5) is 0. The van der Waals surface area contributed by atoms with Crippen molar-refractivity contribution in [2.45, 2.75) is 0 Å². The molecule has 0 heterocycles. The Balaban J connectivity index is 0.000000191. The Kier molecular flexibility index (Phi) is 10.2. The van der Waals surface area contributed by atoms with Gasteiger partial charge in [-0.3, -0.25) is 0 Å². The van der Waals surface area contributed by atoms with Crippen LogP contribution in [0.4, 0.5) is 0 Å². The van der Waals surface area contributed by atoms with Gasteiger partial charge in [-0.15, -0.1) is 0 Å². The number of benzene rings is 6. The van der Waals surface area contributed by atoms with Gasteiger partial charge in [0, 0.05) is 22.3 Å². The predicted molar refractivity (Wildman–Crippen MR) is 203 cm³/mol. The first-order valence-electron chi connectivity index (χ1n) is 15.4. The number of rotatable bonds is 8. The van der Waals surface area contributed by atoms with Crippen molar-refractivity contribution in [1.82, 2.24) is 0 Å². The third-order valence-corrected chi connectivity index (χ3v) is 8.11. The van der Waals surface area contributed by atoms with Gasteiger partial charge in [-0.25, -0.2) is 0 Å². The Morgan fingerprint density at radius 1 is 0.327 bits per heavy atom. The molecule has 0 amide bonds. The van der Waals surface area contributed by atoms with E-state index in [9.17, 15) is 25.5 Å². The number of phenolic OH excluding ortho intramolecular Hbond substituents is 5. The van der Waals surface area contributed by atoms with Crippen LogP contribution >= 0.6 is 0 Å². The highest BCUT2D eigenvalue weighted by Gasteiger charge is 2.15. The quantitative estimate of drug-likeness (QED) is 0.113. The Bertz CT molecular complexity index is 2060. The van der Waals surface area contributed by atoms with Crippen molar-refractivity contribution in [2.24, 2.45) is 0 Å². The molecule has 0 radical (unpaired) electrons. The van der Waals surface area contributed by atoms with E-state index in [1.54, 1.807) is 85.0 Å². The van der Waals surface area contributed by atoms with Crippen molar-refractivity contribution in [3.05, 3.63) is 164 Å². The van der Waals surface area contributed by atoms with E-state index in [1.165, 1.54) is 0 Å². The molecule has 0 aromatic heterocycles. The molecule has 242 valence electrons. The second-order valence-electron chi connectivity index (χ2n) is 11.1. The van der Waals surface area contributed by atoms with E-state index in [2.05, 4.69) is 26.3 Å². The van der Waals surface area contributed by atoms with E-state index in [0.717, 1.165) is 44.5 Å². The largest absolute Gasteiger partial charge is 0.508 e. The molecule has 0 aliphatic rings. The number of hydrogen-bond donors (Lipinski definition) is 5. The summed E-state index contributed by atoms with van der Waals surface area (Å²) >= 11 is 0. The minimum Gasteiger partial charge on any atom is -0.508 e. The molecule has 0 spiro atoms. The normalized spacial score (nSPS) is 10.4. The fourth-order valence-electron chi connectivity index (χ4n) is 5.90. The average Bonchev–Trinajstić information content (AvgIpc) is 3.11. The van der Waals surface area contributed by atoms with Crippen LogP contribution in [0.15, 0.2) is 142 Å². The standard InChI is InChI=1S/C22H18O3.C22H18O2/c1-3-14-7-5-9-19(24)21(14)16-11-17(13-18(23)12-16)22-15(4-2)8-6-10-20(22)25;1-3-15-8-6-12-19(23)21(15)17-10-5-11-18(14-17)22-16(4-2)9-7-13-20(22)24/h3-13,23-25H,1-2H2;3-14,23-24H,1-2H2. The van der Waals surface area contributed by atoms with E-state index in [-0.39, 0.29) is 28.7 Å². The lowest BCUT2D eigenvalue weighted by Crippen LogP contribution is -1.89. The zero-order valence-corrected chi connectivity index (χ0v) is 26.8. The molecule has 0 bridgehead atoms. The Hall–Kier alpha value is -6.72. The molecule has 6 rings (SSSR count). The summed E-state index contributed by atoms with van der Waals surface area (Å²) in [5.74, 6) is 0.617. The third kappa shape index (κ3) is 7.02. The van der Waals surface area contributed by atoms with E-state index in [4.69, 9.17) is 0 Å². The van der Waals surface area contributed by atoms with Crippen LogP contribution in [0.5, 0.6) is 28.7 Å². The molecular formula is C44H36O5. The molecule has 49 heavy (non-hydrogen) atoms. The van der Waals surface area contributed by atoms with Gasteiger partial charge in [0.2, 0.25) is 0 Å². The monoisotopic (exact) mass is 644 g/mol. The molecule has 0 unspecified atom stereocenters. The summed E-state index contributed by atoms with van der Waals surface area (Å²) in [5, 5.41) is 51.3. The van der Waals surface area contributed by atoms with Crippen LogP contribution in [0.1, 0.15) is 22.3 Å². The lowest BCUT2D eigenvalue weighted by Gasteiger charge is -2.14. The van der Waals surface area contributed by atoms with E-state index in [1.807, 2.05) is 54.6 Å². The van der Waals surface area contributed by atoms with Crippen LogP contribution in [0.2, 0.25) is 0 Å². The lowest BCUT2D eigenvalue weighted by molar-refractivity contribution is 0.473. The van der Waals surface area contributed by atoms with Gasteiger partial charge >= 0.3 is 0 Å². The zero-order valence-electron chi connectivity index (χ0n) is 26.8. The third-order valence-electron chi connectivity index (χ3n) is 8.11. The van der Waals surface area contributed by atoms with Gasteiger partial charge in [-0.05, 0) is 93.0 Å². The fourth-order valence-corrected chi connectivity index (χ4v) is 5.90. The average molecular weight is 645 g/mol. The van der Waals surface area contributed by atoms with Crippen molar-refractivity contribution >= 4 is 24.3 Å². The van der Waals surface area contributed by atoms with Crippen LogP contribution in [-0.2, 0) is 0 Å². The van der Waals surface area contributed by atoms with Crippen molar-refractivity contribution < 1.29 is 25.5 Å². The van der Waals surface area contributed by atoms with Crippen molar-refractivity contribution in [3.63, 3.8) is 0 Å². The first-order chi connectivity index (χ1) is 23.7. The Morgan fingerprint density at radius 2 is 0.592 bits per heavy atom. The first-order valence-corrected chi connectivity index (χ1v) is 15.4. The fraction of sp³-hybridized carbons (Fsp3) is 0. The second kappa shape index (κ2) is 14.8. The first kappa shape index (κ1) is 33.6. The highest BCUT2D eigenvalue weighted by molar-refractivity contribution is 5.88. The maximum Gasteiger partial charge on any atom is 0.124 e. The van der Waals surface area contributed by atoms with E-state index >= 15 is 0 Å². The van der Waals surface area contributed by atoms with Crippen molar-refractivity contribution in [1.29, 1.82) is 0 Å². The molecular weight excluding hydrogens is 608 g/mol. The second-order valence-corrected chi connectivity index (χ2v) is 11.1. The molecule has 5 N–H and O–H groups in total. The maximum absolute atomic E-state index is 10.3. The van der Waals surface area contributed by atoms with Gasteiger partial charge in [0.25, 0.3) is 0 Å². The molecule has 0 saturated heterocycles. The summed E-state index contributed by atoms with van der Waals surface area (Å²) in [5.41, 5.74) is 8.78. The molecule has 6 aromatic carbocycles. The highest BCUT2D eigenvalue weighted by atomic mass is 16.3. The molecule has 5 heteroatoms. The zero-order chi connectivity index (χ0) is 35.1. The molecule has 0 atom stereocenters. The van der Waals surface area contributed by atoms with Crippen molar-refractivity contribution in [2.75, 3.05) is 0 Å². The highest BCUT2D eigenvalue weighted by Crippen LogP contribution is 2.42. The molecule has 0 aliphatic carbocycles. The smallest absolute Gasteiger partial charge is 0.124 e. The van der Waals surface area contributed by atoms with Gasteiger partial charge < -0.3 is 25.5 Å². The van der Waals surface area contributed by atoms with E-state index < -0.39 is 0 Å². The topological polar surface area (TPSA) is 101 Å². The molecule has 6 aromatic rings. The molecule has 5 nitrogen and oxygen atoms in total. The van der Waals surface area contributed by atoms with Crippen LogP contribution < -0.4 is 0 Å². The summed E-state index contributed by atoms with van der Waals surface area (Å²) in [7, 11) is 0. The maximum atomic E-state index is 10.3. The Labute approximate surface area is 286 Å². The predicted octanol–water partition coefficient (Wildman–Crippen LogP) is 11.1. The minimum absolute atomic E-state index is 0.0315. The van der Waals surface area contributed by atoms with Gasteiger partial charge in [-0.1, -0.05) is 117 Å². The van der Waals surface area contributed by atoms with Gasteiger partial charge in [0.15, 0.2) is 0 Å². The summed E-state index contributed by atoms with van der Waals surface area (Å²) in [6, 6.07) is 33.7. The minimum atomic E-state index is 0.0315. The van der Waals surface area contributed by atoms with E-state index in [0.29, 0.717) is 22.3 Å². The van der Waals surface area contributed by atoms with Crippen LogP contribution in [0.3, 0.4) is 0 Å². The van der Waals surface area contributed by atoms with Gasteiger partial charge in [0.1, 0.15) is 28.7 Å². The SMILES string of the molecule is C=Cc1cccc(O)c1-c1cc(O)cc(-c2c(O)cccc2C=C)c1.C=Cc1cccc(O)c1-c1cccc(-c2c(O)cccc2C=C)c1. The number of aromatic hydroxyl groups is 5. The summed E-state index contributed by atoms with van der Waals surface area (Å²) in [6.07, 6.45) is 6.73. The Morgan fingerprint density at radius 3 is 0.898 bits per heavy atom. The van der Waals surface area contributed by atoms with Crippen LogP contribution in [0.25, 0.3) is 68.8 Å². The van der Waals surface area contributed by atoms with Crippen LogP contribution in [-0.4, -0.2) is 25.5 Å². The van der Waals surface area contributed by atoms with Gasteiger partial charge in [0.05, 0.1) is 0 Å². The summed E-state index contributed by atoms with van der Waals surface area (Å²) in [6.45, 7) is 15.2.